The SMILES string of the molecule is Cl.O=C(Cl)CCC1Cc2ccccc2C12CCNCC2. The molecule has 1 atom stereocenters. The number of benzene rings is 1. The Balaban J connectivity index is 0.00000147. The molecule has 1 aromatic carbocycles. The van der Waals surface area contributed by atoms with Crippen molar-refractivity contribution in [1.82, 2.24) is 5.32 Å². The van der Waals surface area contributed by atoms with E-state index in [4.69, 9.17) is 11.6 Å². The molecule has 4 heteroatoms. The maximum absolute atomic E-state index is 11.1. The van der Waals surface area contributed by atoms with Gasteiger partial charge in [0.1, 0.15) is 0 Å². The Morgan fingerprint density at radius 3 is 2.70 bits per heavy atom. The molecule has 1 heterocycles. The Hall–Kier alpha value is -0.570. The van der Waals surface area contributed by atoms with Gasteiger partial charge in [-0.2, -0.15) is 0 Å². The first-order valence-corrected chi connectivity index (χ1v) is 7.57. The van der Waals surface area contributed by atoms with Crippen LogP contribution in [0.1, 0.15) is 36.8 Å². The largest absolute Gasteiger partial charge is 0.317 e. The third kappa shape index (κ3) is 2.74. The Morgan fingerprint density at radius 1 is 1.30 bits per heavy atom. The van der Waals surface area contributed by atoms with E-state index in [9.17, 15) is 4.79 Å². The van der Waals surface area contributed by atoms with Crippen molar-refractivity contribution in [1.29, 1.82) is 0 Å². The Kier molecular flexibility index (Phi) is 5.11. The van der Waals surface area contributed by atoms with Gasteiger partial charge in [-0.25, -0.2) is 0 Å². The lowest BCUT2D eigenvalue weighted by Gasteiger charge is -2.40. The summed E-state index contributed by atoms with van der Waals surface area (Å²) in [6, 6.07) is 8.82. The van der Waals surface area contributed by atoms with E-state index in [2.05, 4.69) is 29.6 Å². The standard InChI is InChI=1S/C16H20ClNO.ClH/c17-15(19)6-5-13-11-12-3-1-2-4-14(12)16(13)7-9-18-10-8-16;/h1-4,13,18H,5-11H2;1H. The highest BCUT2D eigenvalue weighted by atomic mass is 35.5. The lowest BCUT2D eigenvalue weighted by atomic mass is 9.67. The van der Waals surface area contributed by atoms with E-state index in [0.29, 0.717) is 12.3 Å². The number of rotatable bonds is 3. The molecule has 1 aliphatic carbocycles. The molecule has 0 amide bonds. The first-order chi connectivity index (χ1) is 9.22. The van der Waals surface area contributed by atoms with Crippen LogP contribution in [0, 0.1) is 5.92 Å². The molecule has 1 spiro atoms. The summed E-state index contributed by atoms with van der Waals surface area (Å²) in [6.45, 7) is 2.17. The monoisotopic (exact) mass is 313 g/mol. The molecular weight excluding hydrogens is 293 g/mol. The lowest BCUT2D eigenvalue weighted by Crippen LogP contribution is -2.43. The van der Waals surface area contributed by atoms with Crippen LogP contribution in [0.5, 0.6) is 0 Å². The molecule has 0 saturated carbocycles. The molecule has 1 aromatic rings. The summed E-state index contributed by atoms with van der Waals surface area (Å²) < 4.78 is 0. The summed E-state index contributed by atoms with van der Waals surface area (Å²) in [5.74, 6) is 0.578. The molecule has 2 nitrogen and oxygen atoms in total. The number of piperidine rings is 1. The van der Waals surface area contributed by atoms with E-state index >= 15 is 0 Å². The third-order valence-corrected chi connectivity index (χ3v) is 5.18. The van der Waals surface area contributed by atoms with E-state index < -0.39 is 0 Å². The molecule has 1 saturated heterocycles. The summed E-state index contributed by atoms with van der Waals surface area (Å²) in [6.07, 6.45) is 4.92. The third-order valence-electron chi connectivity index (χ3n) is 4.99. The fourth-order valence-corrected chi connectivity index (χ4v) is 4.19. The topological polar surface area (TPSA) is 29.1 Å². The molecule has 20 heavy (non-hydrogen) atoms. The molecule has 0 radical (unpaired) electrons. The summed E-state index contributed by atoms with van der Waals surface area (Å²) in [5, 5.41) is 3.26. The summed E-state index contributed by atoms with van der Waals surface area (Å²) in [7, 11) is 0. The maximum Gasteiger partial charge on any atom is 0.221 e. The number of fused-ring (bicyclic) bond motifs is 2. The van der Waals surface area contributed by atoms with Gasteiger partial charge in [0, 0.05) is 11.8 Å². The zero-order valence-corrected chi connectivity index (χ0v) is 13.1. The molecule has 1 aliphatic heterocycles. The van der Waals surface area contributed by atoms with Crippen LogP contribution in [-0.4, -0.2) is 18.3 Å². The van der Waals surface area contributed by atoms with Crippen LogP contribution in [0.4, 0.5) is 0 Å². The van der Waals surface area contributed by atoms with Gasteiger partial charge in [0.05, 0.1) is 0 Å². The van der Waals surface area contributed by atoms with Gasteiger partial charge < -0.3 is 5.32 Å². The number of carbonyl (C=O) groups excluding carboxylic acids is 1. The van der Waals surface area contributed by atoms with E-state index in [0.717, 1.165) is 25.9 Å². The fraction of sp³-hybridized carbons (Fsp3) is 0.562. The second-order valence-corrected chi connectivity index (χ2v) is 6.28. The van der Waals surface area contributed by atoms with Gasteiger partial charge in [-0.1, -0.05) is 24.3 Å². The molecule has 110 valence electrons. The van der Waals surface area contributed by atoms with Crippen molar-refractivity contribution in [2.24, 2.45) is 5.92 Å². The summed E-state index contributed by atoms with van der Waals surface area (Å²) >= 11 is 5.54. The molecule has 1 N–H and O–H groups in total. The van der Waals surface area contributed by atoms with Crippen molar-refractivity contribution in [3.8, 4) is 0 Å². The van der Waals surface area contributed by atoms with E-state index in [1.54, 1.807) is 0 Å². The minimum Gasteiger partial charge on any atom is -0.317 e. The van der Waals surface area contributed by atoms with Gasteiger partial charge in [-0.05, 0) is 67.4 Å². The predicted molar refractivity (Wildman–Crippen MR) is 84.8 cm³/mol. The van der Waals surface area contributed by atoms with Gasteiger partial charge in [0.25, 0.3) is 0 Å². The number of carbonyl (C=O) groups is 1. The number of hydrogen-bond donors (Lipinski definition) is 1. The highest BCUT2D eigenvalue weighted by Crippen LogP contribution is 2.50. The predicted octanol–water partition coefficient (Wildman–Crippen LogP) is 3.45. The number of hydrogen-bond acceptors (Lipinski definition) is 2. The summed E-state index contributed by atoms with van der Waals surface area (Å²) in [4.78, 5) is 11.1. The second kappa shape index (κ2) is 6.46. The number of halogens is 2. The van der Waals surface area contributed by atoms with Gasteiger partial charge in [0.2, 0.25) is 5.24 Å². The molecule has 2 aliphatic rings. The maximum atomic E-state index is 11.1. The minimum atomic E-state index is -0.194. The van der Waals surface area contributed by atoms with Crippen LogP contribution in [-0.2, 0) is 16.6 Å². The molecule has 0 bridgehead atoms. The van der Waals surface area contributed by atoms with Crippen molar-refractivity contribution in [2.45, 2.75) is 37.5 Å². The second-order valence-electron chi connectivity index (χ2n) is 5.86. The fourth-order valence-electron chi connectivity index (χ4n) is 4.08. The van der Waals surface area contributed by atoms with E-state index in [1.807, 2.05) is 0 Å². The molecular formula is C16H21Cl2NO. The summed E-state index contributed by atoms with van der Waals surface area (Å²) in [5.41, 5.74) is 3.30. The zero-order valence-electron chi connectivity index (χ0n) is 11.5. The molecule has 1 fully saturated rings. The number of nitrogens with one attached hydrogen (secondary N) is 1. The normalized spacial score (nSPS) is 23.1. The quantitative estimate of drug-likeness (QED) is 0.866. The Bertz CT molecular complexity index is 483. The van der Waals surface area contributed by atoms with Gasteiger partial charge >= 0.3 is 0 Å². The minimum absolute atomic E-state index is 0. The van der Waals surface area contributed by atoms with Crippen LogP contribution in [0.2, 0.25) is 0 Å². The molecule has 1 unspecified atom stereocenters. The van der Waals surface area contributed by atoms with Crippen LogP contribution in [0.25, 0.3) is 0 Å². The van der Waals surface area contributed by atoms with Crippen molar-refractivity contribution in [3.63, 3.8) is 0 Å². The van der Waals surface area contributed by atoms with Crippen LogP contribution in [0.15, 0.2) is 24.3 Å². The van der Waals surface area contributed by atoms with Crippen LogP contribution < -0.4 is 5.32 Å². The first kappa shape index (κ1) is 15.8. The van der Waals surface area contributed by atoms with Gasteiger partial charge in [-0.15, -0.1) is 12.4 Å². The first-order valence-electron chi connectivity index (χ1n) is 7.20. The average Bonchev–Trinajstić information content (AvgIpc) is 2.72. The van der Waals surface area contributed by atoms with Crippen LogP contribution in [0.3, 0.4) is 0 Å². The average molecular weight is 314 g/mol. The van der Waals surface area contributed by atoms with Gasteiger partial charge in [-0.3, -0.25) is 4.79 Å². The van der Waals surface area contributed by atoms with E-state index in [1.165, 1.54) is 24.0 Å². The lowest BCUT2D eigenvalue weighted by molar-refractivity contribution is -0.112. The van der Waals surface area contributed by atoms with Gasteiger partial charge in [0.15, 0.2) is 0 Å². The van der Waals surface area contributed by atoms with Crippen LogP contribution >= 0.6 is 24.0 Å². The Labute approximate surface area is 131 Å². The molecule has 3 rings (SSSR count). The van der Waals surface area contributed by atoms with Crippen molar-refractivity contribution >= 4 is 29.3 Å². The Morgan fingerprint density at radius 2 is 2.00 bits per heavy atom. The van der Waals surface area contributed by atoms with Crippen molar-refractivity contribution < 1.29 is 4.79 Å². The molecule has 0 aromatic heterocycles. The highest BCUT2D eigenvalue weighted by molar-refractivity contribution is 6.63. The van der Waals surface area contributed by atoms with Crippen molar-refractivity contribution in [3.05, 3.63) is 35.4 Å². The zero-order chi connectivity index (χ0) is 13.3. The smallest absolute Gasteiger partial charge is 0.221 e. The van der Waals surface area contributed by atoms with Crippen molar-refractivity contribution in [2.75, 3.05) is 13.1 Å². The van der Waals surface area contributed by atoms with E-state index in [-0.39, 0.29) is 23.1 Å². The highest BCUT2D eigenvalue weighted by Gasteiger charge is 2.46.